The number of thiophene rings is 1. The van der Waals surface area contributed by atoms with Crippen molar-refractivity contribution in [1.29, 1.82) is 0 Å². The van der Waals surface area contributed by atoms with Crippen molar-refractivity contribution in [3.05, 3.63) is 64.5 Å². The summed E-state index contributed by atoms with van der Waals surface area (Å²) in [6.07, 6.45) is 4.32. The Morgan fingerprint density at radius 3 is 2.81 bits per heavy atom. The van der Waals surface area contributed by atoms with E-state index in [4.69, 9.17) is 14.5 Å². The summed E-state index contributed by atoms with van der Waals surface area (Å²) in [5.41, 5.74) is 4.28. The van der Waals surface area contributed by atoms with Crippen LogP contribution in [0.3, 0.4) is 0 Å². The molecule has 0 aliphatic carbocycles. The van der Waals surface area contributed by atoms with Crippen LogP contribution in [0.15, 0.2) is 48.5 Å². The number of anilines is 1. The number of ether oxygens (including phenoxy) is 2. The zero-order valence-corrected chi connectivity index (χ0v) is 22.4. The lowest BCUT2D eigenvalue weighted by atomic mass is 10.0. The molecule has 0 spiro atoms. The van der Waals surface area contributed by atoms with Gasteiger partial charge in [0.2, 0.25) is 12.7 Å². The summed E-state index contributed by atoms with van der Waals surface area (Å²) in [6.45, 7) is 6.61. The predicted octanol–water partition coefficient (Wildman–Crippen LogP) is 6.59. The van der Waals surface area contributed by atoms with Gasteiger partial charge in [0.1, 0.15) is 10.0 Å². The van der Waals surface area contributed by atoms with Crippen LogP contribution in [0.2, 0.25) is 0 Å². The van der Waals surface area contributed by atoms with Crippen molar-refractivity contribution in [1.82, 2.24) is 9.88 Å². The molecule has 4 aromatic rings. The highest BCUT2D eigenvalue weighted by Crippen LogP contribution is 2.46. The Balaban J connectivity index is 0.00000267. The van der Waals surface area contributed by atoms with Crippen LogP contribution in [0.4, 0.5) is 5.00 Å². The van der Waals surface area contributed by atoms with Gasteiger partial charge in [-0.2, -0.15) is 0 Å². The number of halogens is 1. The molecule has 2 aliphatic heterocycles. The molecule has 0 saturated carbocycles. The molecule has 2 aromatic carbocycles. The van der Waals surface area contributed by atoms with E-state index in [1.54, 1.807) is 34.8 Å². The zero-order valence-electron chi connectivity index (χ0n) is 19.9. The Kier molecular flexibility index (Phi) is 7.03. The number of hydrogen-bond donors (Lipinski definition) is 1. The van der Waals surface area contributed by atoms with E-state index < -0.39 is 0 Å². The molecule has 9 heteroatoms. The summed E-state index contributed by atoms with van der Waals surface area (Å²) in [7, 11) is 0. The van der Waals surface area contributed by atoms with Gasteiger partial charge in [0, 0.05) is 35.6 Å². The largest absolute Gasteiger partial charge is 0.454 e. The fraction of sp³-hybridized carbons (Fsp3) is 0.259. The summed E-state index contributed by atoms with van der Waals surface area (Å²) in [5, 5.41) is 5.01. The minimum Gasteiger partial charge on any atom is -0.454 e. The average molecular weight is 540 g/mol. The Morgan fingerprint density at radius 2 is 1.97 bits per heavy atom. The molecule has 0 fully saturated rings. The van der Waals surface area contributed by atoms with Crippen molar-refractivity contribution in [3.8, 4) is 22.1 Å². The highest BCUT2D eigenvalue weighted by atomic mass is 35.5. The third-order valence-electron chi connectivity index (χ3n) is 6.38. The number of nitrogens with zero attached hydrogens (tertiary/aromatic N) is 2. The Bertz CT molecular complexity index is 1430. The van der Waals surface area contributed by atoms with Crippen LogP contribution in [0, 0.1) is 0 Å². The minimum absolute atomic E-state index is 0. The molecule has 0 saturated heterocycles. The summed E-state index contributed by atoms with van der Waals surface area (Å²) in [4.78, 5) is 21.7. The maximum atomic E-state index is 13.0. The second kappa shape index (κ2) is 10.2. The highest BCUT2D eigenvalue weighted by molar-refractivity contribution is 7.23. The Labute approximate surface area is 224 Å². The van der Waals surface area contributed by atoms with Gasteiger partial charge in [-0.1, -0.05) is 18.2 Å². The van der Waals surface area contributed by atoms with Gasteiger partial charge in [-0.3, -0.25) is 9.69 Å². The van der Waals surface area contributed by atoms with Crippen LogP contribution in [0.5, 0.6) is 11.5 Å². The maximum Gasteiger partial charge on any atom is 0.249 e. The van der Waals surface area contributed by atoms with Crippen LogP contribution in [-0.4, -0.2) is 35.2 Å². The summed E-state index contributed by atoms with van der Waals surface area (Å²) >= 11 is 3.36. The van der Waals surface area contributed by atoms with Gasteiger partial charge in [0.15, 0.2) is 11.5 Å². The third kappa shape index (κ3) is 4.74. The lowest BCUT2D eigenvalue weighted by Gasteiger charge is -2.30. The van der Waals surface area contributed by atoms with Crippen molar-refractivity contribution in [2.75, 3.05) is 18.7 Å². The fourth-order valence-electron chi connectivity index (χ4n) is 4.50. The molecule has 2 aliphatic rings. The van der Waals surface area contributed by atoms with Gasteiger partial charge < -0.3 is 14.8 Å². The van der Waals surface area contributed by atoms with Gasteiger partial charge in [0.25, 0.3) is 0 Å². The van der Waals surface area contributed by atoms with Crippen LogP contribution in [0.25, 0.3) is 26.9 Å². The Morgan fingerprint density at radius 1 is 1.14 bits per heavy atom. The molecule has 4 heterocycles. The molecule has 1 amide bonds. The molecule has 0 atom stereocenters. The number of thiazole rings is 1. The average Bonchev–Trinajstić information content (AvgIpc) is 3.57. The summed E-state index contributed by atoms with van der Waals surface area (Å²) in [5.74, 6) is 1.27. The molecule has 1 N–H and O–H groups in total. The molecule has 186 valence electrons. The molecule has 36 heavy (non-hydrogen) atoms. The standard InChI is InChI=1S/C27H25N3O3S2.ClH/c1-16(2)30-12-11-18-23(14-30)35-27(25(18)26-28-19-5-3-4-6-22(19)34-26)29-24(31)10-8-17-7-9-20-21(13-17)33-15-32-20;/h3-10,13,16H,11-12,14-15H2,1-2H3,(H,29,31);1H/b10-8+;. The smallest absolute Gasteiger partial charge is 0.249 e. The van der Waals surface area contributed by atoms with E-state index in [2.05, 4.69) is 30.1 Å². The number of carbonyl (C=O) groups is 1. The van der Waals surface area contributed by atoms with E-state index in [-0.39, 0.29) is 25.1 Å². The number of rotatable bonds is 5. The van der Waals surface area contributed by atoms with Crippen molar-refractivity contribution < 1.29 is 14.3 Å². The van der Waals surface area contributed by atoms with Crippen LogP contribution in [-0.2, 0) is 17.8 Å². The predicted molar refractivity (Wildman–Crippen MR) is 150 cm³/mol. The minimum atomic E-state index is -0.163. The van der Waals surface area contributed by atoms with Gasteiger partial charge in [0.05, 0.1) is 10.2 Å². The summed E-state index contributed by atoms with van der Waals surface area (Å²) in [6, 6.07) is 14.3. The number of amides is 1. The fourth-order valence-corrected chi connectivity index (χ4v) is 6.89. The topological polar surface area (TPSA) is 63.7 Å². The molecule has 6 nitrogen and oxygen atoms in total. The lowest BCUT2D eigenvalue weighted by Crippen LogP contribution is -2.35. The third-order valence-corrected chi connectivity index (χ3v) is 8.57. The van der Waals surface area contributed by atoms with E-state index in [9.17, 15) is 4.79 Å². The first-order valence-electron chi connectivity index (χ1n) is 11.7. The van der Waals surface area contributed by atoms with Crippen molar-refractivity contribution >= 4 is 62.3 Å². The van der Waals surface area contributed by atoms with E-state index in [0.29, 0.717) is 11.8 Å². The molecule has 0 radical (unpaired) electrons. The van der Waals surface area contributed by atoms with E-state index in [1.165, 1.54) is 10.4 Å². The Hall–Kier alpha value is -2.91. The van der Waals surface area contributed by atoms with Crippen LogP contribution >= 0.6 is 35.1 Å². The number of para-hydroxylation sites is 1. The molecule has 0 bridgehead atoms. The summed E-state index contributed by atoms with van der Waals surface area (Å²) < 4.78 is 12.0. The van der Waals surface area contributed by atoms with Crippen LogP contribution < -0.4 is 14.8 Å². The van der Waals surface area contributed by atoms with Gasteiger partial charge in [-0.15, -0.1) is 35.1 Å². The number of hydrogen-bond acceptors (Lipinski definition) is 7. The maximum absolute atomic E-state index is 13.0. The van der Waals surface area contributed by atoms with Crippen molar-refractivity contribution in [3.63, 3.8) is 0 Å². The molecule has 0 unspecified atom stereocenters. The normalized spacial score (nSPS) is 14.9. The van der Waals surface area contributed by atoms with Gasteiger partial charge in [-0.25, -0.2) is 4.98 Å². The lowest BCUT2D eigenvalue weighted by molar-refractivity contribution is -0.111. The second-order valence-electron chi connectivity index (χ2n) is 8.94. The number of benzene rings is 2. The van der Waals surface area contributed by atoms with E-state index in [0.717, 1.165) is 56.6 Å². The van der Waals surface area contributed by atoms with Crippen molar-refractivity contribution in [2.45, 2.75) is 32.9 Å². The first-order chi connectivity index (χ1) is 17.0. The quantitative estimate of drug-likeness (QED) is 0.290. The number of carbonyl (C=O) groups excluding carboxylic acids is 1. The van der Waals surface area contributed by atoms with Gasteiger partial charge in [-0.05, 0) is 61.7 Å². The molecular weight excluding hydrogens is 514 g/mol. The van der Waals surface area contributed by atoms with Crippen molar-refractivity contribution in [2.24, 2.45) is 0 Å². The van der Waals surface area contributed by atoms with Gasteiger partial charge >= 0.3 is 0 Å². The monoisotopic (exact) mass is 539 g/mol. The molecule has 6 rings (SSSR count). The van der Waals surface area contributed by atoms with E-state index >= 15 is 0 Å². The van der Waals surface area contributed by atoms with E-state index in [1.807, 2.05) is 36.4 Å². The molecular formula is C27H26ClN3O3S2. The number of aromatic nitrogens is 1. The first kappa shape index (κ1) is 24.8. The van der Waals surface area contributed by atoms with Crippen LogP contribution in [0.1, 0.15) is 29.9 Å². The first-order valence-corrected chi connectivity index (χ1v) is 13.3. The number of fused-ring (bicyclic) bond motifs is 3. The molecule has 2 aromatic heterocycles. The zero-order chi connectivity index (χ0) is 23.9. The SMILES string of the molecule is CC(C)N1CCc2c(sc(NC(=O)/C=C/c3ccc4c(c3)OCO4)c2-c2nc3ccccc3s2)C1.Cl. The number of nitrogens with one attached hydrogen (secondary N) is 1. The highest BCUT2D eigenvalue weighted by Gasteiger charge is 2.28. The second-order valence-corrected chi connectivity index (χ2v) is 11.1.